The van der Waals surface area contributed by atoms with E-state index in [1.165, 1.54) is 5.56 Å². The summed E-state index contributed by atoms with van der Waals surface area (Å²) in [4.78, 5) is 12.1. The first kappa shape index (κ1) is 16.0. The summed E-state index contributed by atoms with van der Waals surface area (Å²) in [6.07, 6.45) is 3.12. The van der Waals surface area contributed by atoms with E-state index >= 15 is 0 Å². The van der Waals surface area contributed by atoms with Gasteiger partial charge in [0, 0.05) is 25.4 Å². The Labute approximate surface area is 142 Å². The number of aryl methyl sites for hydroxylation is 3. The van der Waals surface area contributed by atoms with Crippen LogP contribution in [-0.4, -0.2) is 15.7 Å². The van der Waals surface area contributed by atoms with Gasteiger partial charge >= 0.3 is 0 Å². The van der Waals surface area contributed by atoms with Gasteiger partial charge in [-0.2, -0.15) is 5.10 Å². The summed E-state index contributed by atoms with van der Waals surface area (Å²) in [6, 6.07) is 18.1. The molecule has 1 N–H and O–H groups in total. The van der Waals surface area contributed by atoms with Gasteiger partial charge in [0.2, 0.25) is 5.91 Å². The summed E-state index contributed by atoms with van der Waals surface area (Å²) < 4.78 is 1.78. The van der Waals surface area contributed by atoms with Gasteiger partial charge in [0.05, 0.1) is 5.69 Å². The molecule has 1 heterocycles. The molecule has 1 aromatic heterocycles. The fraction of sp³-hybridized carbons (Fsp3) is 0.200. The molecule has 4 nitrogen and oxygen atoms in total. The summed E-state index contributed by atoms with van der Waals surface area (Å²) in [5.74, 6) is 0.0192. The van der Waals surface area contributed by atoms with Gasteiger partial charge in [-0.05, 0) is 42.2 Å². The molecule has 0 atom stereocenters. The minimum atomic E-state index is 0.0192. The van der Waals surface area contributed by atoms with E-state index in [0.717, 1.165) is 22.5 Å². The van der Waals surface area contributed by atoms with Gasteiger partial charge in [0.15, 0.2) is 0 Å². The highest BCUT2D eigenvalue weighted by molar-refractivity contribution is 5.91. The Morgan fingerprint density at radius 3 is 2.33 bits per heavy atom. The Kier molecular flexibility index (Phi) is 4.75. The molecule has 1 amide bonds. The predicted octanol–water partition coefficient (Wildman–Crippen LogP) is 3.97. The largest absolute Gasteiger partial charge is 0.326 e. The van der Waals surface area contributed by atoms with Gasteiger partial charge in [-0.15, -0.1) is 0 Å². The number of nitrogens with one attached hydrogen (secondary N) is 1. The minimum absolute atomic E-state index is 0.0192. The number of nitrogens with zero attached hydrogens (tertiary/aromatic N) is 2. The van der Waals surface area contributed by atoms with Crippen molar-refractivity contribution in [1.82, 2.24) is 9.78 Å². The van der Waals surface area contributed by atoms with Gasteiger partial charge in [0.1, 0.15) is 0 Å². The maximum atomic E-state index is 12.1. The minimum Gasteiger partial charge on any atom is -0.326 e. The molecule has 0 aliphatic rings. The lowest BCUT2D eigenvalue weighted by Crippen LogP contribution is -2.12. The molecule has 0 spiro atoms. The lowest BCUT2D eigenvalue weighted by Gasteiger charge is -2.07. The van der Waals surface area contributed by atoms with Crippen molar-refractivity contribution in [2.45, 2.75) is 19.8 Å². The van der Waals surface area contributed by atoms with E-state index in [0.29, 0.717) is 12.8 Å². The lowest BCUT2D eigenvalue weighted by atomic mass is 10.1. The number of anilines is 1. The molecular formula is C20H21N3O. The quantitative estimate of drug-likeness (QED) is 0.773. The molecule has 0 radical (unpaired) electrons. The van der Waals surface area contributed by atoms with Crippen molar-refractivity contribution in [3.63, 3.8) is 0 Å². The molecule has 0 bridgehead atoms. The highest BCUT2D eigenvalue weighted by Gasteiger charge is 2.07. The first-order valence-corrected chi connectivity index (χ1v) is 8.06. The summed E-state index contributed by atoms with van der Waals surface area (Å²) >= 11 is 0. The monoisotopic (exact) mass is 319 g/mol. The van der Waals surface area contributed by atoms with E-state index in [-0.39, 0.29) is 5.91 Å². The first-order chi connectivity index (χ1) is 11.6. The second-order valence-electron chi connectivity index (χ2n) is 5.90. The van der Waals surface area contributed by atoms with Crippen LogP contribution in [0.5, 0.6) is 0 Å². The van der Waals surface area contributed by atoms with Crippen LogP contribution in [0.2, 0.25) is 0 Å². The van der Waals surface area contributed by atoms with E-state index in [2.05, 4.69) is 22.5 Å². The van der Waals surface area contributed by atoms with Crippen LogP contribution in [0, 0.1) is 6.92 Å². The van der Waals surface area contributed by atoms with Gasteiger partial charge in [0.25, 0.3) is 0 Å². The highest BCUT2D eigenvalue weighted by Crippen LogP contribution is 2.21. The first-order valence-electron chi connectivity index (χ1n) is 8.06. The highest BCUT2D eigenvalue weighted by atomic mass is 16.1. The molecule has 0 aliphatic heterocycles. The number of carbonyl (C=O) groups is 1. The van der Waals surface area contributed by atoms with E-state index in [9.17, 15) is 4.79 Å². The second-order valence-corrected chi connectivity index (χ2v) is 5.90. The van der Waals surface area contributed by atoms with E-state index in [1.807, 2.05) is 62.6 Å². The Hall–Kier alpha value is -2.88. The topological polar surface area (TPSA) is 46.9 Å². The van der Waals surface area contributed by atoms with Gasteiger partial charge in [-0.1, -0.05) is 42.5 Å². The Morgan fingerprint density at radius 1 is 1.04 bits per heavy atom. The molecular weight excluding hydrogens is 298 g/mol. The van der Waals surface area contributed by atoms with Crippen LogP contribution in [0.15, 0.2) is 60.8 Å². The van der Waals surface area contributed by atoms with Crippen LogP contribution in [0.3, 0.4) is 0 Å². The fourth-order valence-corrected chi connectivity index (χ4v) is 2.74. The molecule has 0 saturated heterocycles. The van der Waals surface area contributed by atoms with Crippen molar-refractivity contribution in [1.29, 1.82) is 0 Å². The molecule has 3 aromatic rings. The van der Waals surface area contributed by atoms with Crippen molar-refractivity contribution in [3.05, 3.63) is 72.1 Å². The van der Waals surface area contributed by atoms with E-state index < -0.39 is 0 Å². The zero-order valence-corrected chi connectivity index (χ0v) is 14.0. The summed E-state index contributed by atoms with van der Waals surface area (Å²) in [6.45, 7) is 1.97. The van der Waals surface area contributed by atoms with Gasteiger partial charge in [-0.3, -0.25) is 9.48 Å². The molecule has 0 saturated carbocycles. The molecule has 0 unspecified atom stereocenters. The Balaban J connectivity index is 1.57. The van der Waals surface area contributed by atoms with Crippen LogP contribution < -0.4 is 5.32 Å². The standard InChI is InChI=1S/C20H21N3O/c1-15-18(14-23(2)22-15)10-13-20(24)21-19-11-8-17(9-12-19)16-6-4-3-5-7-16/h3-9,11-12,14H,10,13H2,1-2H3,(H,21,24). The number of carbonyl (C=O) groups excluding carboxylic acids is 1. The Morgan fingerprint density at radius 2 is 1.71 bits per heavy atom. The summed E-state index contributed by atoms with van der Waals surface area (Å²) in [5.41, 5.74) is 5.23. The van der Waals surface area contributed by atoms with Crippen molar-refractivity contribution >= 4 is 11.6 Å². The SMILES string of the molecule is Cc1nn(C)cc1CCC(=O)Nc1ccc(-c2ccccc2)cc1. The number of aromatic nitrogens is 2. The average Bonchev–Trinajstić information content (AvgIpc) is 2.92. The zero-order chi connectivity index (χ0) is 16.9. The maximum Gasteiger partial charge on any atom is 0.224 e. The van der Waals surface area contributed by atoms with Crippen LogP contribution in [0.25, 0.3) is 11.1 Å². The maximum absolute atomic E-state index is 12.1. The summed E-state index contributed by atoms with van der Waals surface area (Å²) in [5, 5.41) is 7.25. The normalized spacial score (nSPS) is 10.6. The molecule has 0 fully saturated rings. The van der Waals surface area contributed by atoms with Crippen molar-refractivity contribution in [2.24, 2.45) is 7.05 Å². The molecule has 3 rings (SSSR count). The number of hydrogen-bond donors (Lipinski definition) is 1. The molecule has 2 aromatic carbocycles. The predicted molar refractivity (Wildman–Crippen MR) is 96.8 cm³/mol. The summed E-state index contributed by atoms with van der Waals surface area (Å²) in [7, 11) is 1.89. The van der Waals surface area contributed by atoms with Crippen LogP contribution in [-0.2, 0) is 18.3 Å². The van der Waals surface area contributed by atoms with Crippen LogP contribution >= 0.6 is 0 Å². The van der Waals surface area contributed by atoms with E-state index in [1.54, 1.807) is 4.68 Å². The third kappa shape index (κ3) is 3.90. The lowest BCUT2D eigenvalue weighted by molar-refractivity contribution is -0.116. The molecule has 4 heteroatoms. The number of benzene rings is 2. The smallest absolute Gasteiger partial charge is 0.224 e. The van der Waals surface area contributed by atoms with Crippen LogP contribution in [0.1, 0.15) is 17.7 Å². The molecule has 24 heavy (non-hydrogen) atoms. The zero-order valence-electron chi connectivity index (χ0n) is 14.0. The van der Waals surface area contributed by atoms with Gasteiger partial charge < -0.3 is 5.32 Å². The van der Waals surface area contributed by atoms with Crippen molar-refractivity contribution in [2.75, 3.05) is 5.32 Å². The number of rotatable bonds is 5. The second kappa shape index (κ2) is 7.13. The third-order valence-corrected chi connectivity index (χ3v) is 4.01. The molecule has 0 aliphatic carbocycles. The number of amides is 1. The van der Waals surface area contributed by atoms with Crippen molar-refractivity contribution < 1.29 is 4.79 Å². The third-order valence-electron chi connectivity index (χ3n) is 4.01. The van der Waals surface area contributed by atoms with Crippen molar-refractivity contribution in [3.8, 4) is 11.1 Å². The molecule has 122 valence electrons. The van der Waals surface area contributed by atoms with Crippen LogP contribution in [0.4, 0.5) is 5.69 Å². The number of hydrogen-bond acceptors (Lipinski definition) is 2. The Bertz CT molecular complexity index is 820. The average molecular weight is 319 g/mol. The van der Waals surface area contributed by atoms with Gasteiger partial charge in [-0.25, -0.2) is 0 Å². The van der Waals surface area contributed by atoms with E-state index in [4.69, 9.17) is 0 Å². The fourth-order valence-electron chi connectivity index (χ4n) is 2.74.